The Morgan fingerprint density at radius 2 is 1.71 bits per heavy atom. The Bertz CT molecular complexity index is 1040. The molecule has 1 aromatic heterocycles. The molecule has 7 heteroatoms. The van der Waals surface area contributed by atoms with Gasteiger partial charge in [0.05, 0.1) is 18.5 Å². The Morgan fingerprint density at radius 3 is 2.39 bits per heavy atom. The highest BCUT2D eigenvalue weighted by molar-refractivity contribution is 5.94. The monoisotopic (exact) mass is 419 g/mol. The summed E-state index contributed by atoms with van der Waals surface area (Å²) >= 11 is 0. The minimum Gasteiger partial charge on any atom is -0.485 e. The van der Waals surface area contributed by atoms with Crippen molar-refractivity contribution in [2.45, 2.75) is 26.4 Å². The van der Waals surface area contributed by atoms with Crippen LogP contribution < -0.4 is 4.74 Å². The molecule has 4 rings (SSSR count). The van der Waals surface area contributed by atoms with Crippen LogP contribution in [0.5, 0.6) is 5.75 Å². The second kappa shape index (κ2) is 9.47. The third-order valence-electron chi connectivity index (χ3n) is 5.16. The Labute approximate surface area is 181 Å². The topological polar surface area (TPSA) is 73.7 Å². The average Bonchev–Trinajstić information content (AvgIpc) is 3.49. The summed E-state index contributed by atoms with van der Waals surface area (Å²) in [7, 11) is 0. The summed E-state index contributed by atoms with van der Waals surface area (Å²) < 4.78 is 12.6. The molecule has 0 radical (unpaired) electrons. The Hall–Kier alpha value is -3.61. The predicted molar refractivity (Wildman–Crippen MR) is 115 cm³/mol. The van der Waals surface area contributed by atoms with Crippen molar-refractivity contribution in [3.8, 4) is 11.4 Å². The zero-order valence-electron chi connectivity index (χ0n) is 17.5. The van der Waals surface area contributed by atoms with Crippen molar-refractivity contribution in [3.63, 3.8) is 0 Å². The number of hydrogen-bond acceptors (Lipinski definition) is 5. The lowest BCUT2D eigenvalue weighted by Crippen LogP contribution is -2.27. The number of carbonyl (C=O) groups excluding carboxylic acids is 2. The third kappa shape index (κ3) is 4.77. The van der Waals surface area contributed by atoms with E-state index < -0.39 is 5.97 Å². The minimum atomic E-state index is -0.529. The van der Waals surface area contributed by atoms with Crippen LogP contribution in [-0.2, 0) is 11.3 Å². The van der Waals surface area contributed by atoms with E-state index in [-0.39, 0.29) is 24.8 Å². The molecular formula is C24H25N3O4. The lowest BCUT2D eigenvalue weighted by Gasteiger charge is -2.15. The molecule has 1 aliphatic rings. The van der Waals surface area contributed by atoms with E-state index in [1.807, 2.05) is 59.5 Å². The maximum atomic E-state index is 12.5. The molecule has 1 fully saturated rings. The first-order valence-corrected chi connectivity index (χ1v) is 10.5. The first-order chi connectivity index (χ1) is 15.2. The maximum Gasteiger partial charge on any atom is 0.362 e. The fourth-order valence-electron chi connectivity index (χ4n) is 3.53. The van der Waals surface area contributed by atoms with E-state index in [0.29, 0.717) is 11.3 Å². The van der Waals surface area contributed by atoms with Crippen molar-refractivity contribution in [2.75, 3.05) is 19.7 Å². The van der Waals surface area contributed by atoms with Crippen LogP contribution >= 0.6 is 0 Å². The summed E-state index contributed by atoms with van der Waals surface area (Å²) in [6.07, 6.45) is 3.81. The van der Waals surface area contributed by atoms with Gasteiger partial charge in [0.25, 0.3) is 5.91 Å². The number of hydrogen-bond donors (Lipinski definition) is 0. The van der Waals surface area contributed by atoms with Crippen LogP contribution in [-0.4, -0.2) is 46.3 Å². The molecule has 7 nitrogen and oxygen atoms in total. The Morgan fingerprint density at radius 1 is 1.00 bits per heavy atom. The molecule has 0 spiro atoms. The van der Waals surface area contributed by atoms with Gasteiger partial charge in [-0.1, -0.05) is 30.3 Å². The number of aromatic nitrogens is 2. The summed E-state index contributed by atoms with van der Waals surface area (Å²) in [5, 5.41) is 4.36. The number of benzene rings is 2. The van der Waals surface area contributed by atoms with Gasteiger partial charge in [0, 0.05) is 18.7 Å². The van der Waals surface area contributed by atoms with Crippen molar-refractivity contribution >= 4 is 11.9 Å². The summed E-state index contributed by atoms with van der Waals surface area (Å²) in [6.45, 7) is 3.89. The minimum absolute atomic E-state index is 0.0682. The molecule has 160 valence electrons. The number of rotatable bonds is 7. The van der Waals surface area contributed by atoms with Gasteiger partial charge in [0.15, 0.2) is 5.75 Å². The van der Waals surface area contributed by atoms with Crippen molar-refractivity contribution in [2.24, 2.45) is 0 Å². The molecule has 1 aliphatic heterocycles. The van der Waals surface area contributed by atoms with Crippen LogP contribution in [0.15, 0.2) is 60.8 Å². The Balaban J connectivity index is 1.48. The van der Waals surface area contributed by atoms with Gasteiger partial charge in [0.2, 0.25) is 5.69 Å². The smallest absolute Gasteiger partial charge is 0.362 e. The number of esters is 1. The molecule has 0 unspecified atom stereocenters. The fourth-order valence-corrected chi connectivity index (χ4v) is 3.53. The van der Waals surface area contributed by atoms with Gasteiger partial charge in [0.1, 0.15) is 6.61 Å². The van der Waals surface area contributed by atoms with Crippen molar-refractivity contribution < 1.29 is 19.1 Å². The zero-order valence-corrected chi connectivity index (χ0v) is 17.5. The number of nitrogens with zero attached hydrogens (tertiary/aromatic N) is 3. The quantitative estimate of drug-likeness (QED) is 0.544. The van der Waals surface area contributed by atoms with E-state index in [1.54, 1.807) is 17.8 Å². The first kappa shape index (κ1) is 20.7. The molecule has 1 saturated heterocycles. The molecule has 0 aliphatic carbocycles. The summed E-state index contributed by atoms with van der Waals surface area (Å²) in [5.41, 5.74) is 2.51. The van der Waals surface area contributed by atoms with E-state index in [9.17, 15) is 9.59 Å². The maximum absolute atomic E-state index is 12.5. The van der Waals surface area contributed by atoms with Gasteiger partial charge in [-0.05, 0) is 49.6 Å². The lowest BCUT2D eigenvalue weighted by atomic mass is 10.1. The normalized spacial score (nSPS) is 13.3. The van der Waals surface area contributed by atoms with Gasteiger partial charge in [-0.15, -0.1) is 0 Å². The van der Waals surface area contributed by atoms with Crippen LogP contribution in [0, 0.1) is 0 Å². The van der Waals surface area contributed by atoms with Crippen LogP contribution in [0.3, 0.4) is 0 Å². The van der Waals surface area contributed by atoms with Gasteiger partial charge in [-0.25, -0.2) is 9.48 Å². The van der Waals surface area contributed by atoms with E-state index >= 15 is 0 Å². The number of para-hydroxylation sites is 1. The number of carbonyl (C=O) groups is 2. The predicted octanol–water partition coefficient (Wildman–Crippen LogP) is 3.86. The second-order valence-electron chi connectivity index (χ2n) is 7.33. The third-order valence-corrected chi connectivity index (χ3v) is 5.16. The summed E-state index contributed by atoms with van der Waals surface area (Å²) in [6, 6.07) is 16.9. The van der Waals surface area contributed by atoms with Crippen LogP contribution in [0.2, 0.25) is 0 Å². The van der Waals surface area contributed by atoms with E-state index in [4.69, 9.17) is 9.47 Å². The molecule has 0 N–H and O–H groups in total. The second-order valence-corrected chi connectivity index (χ2v) is 7.33. The Kier molecular flexibility index (Phi) is 6.31. The fraction of sp³-hybridized carbons (Fsp3) is 0.292. The average molecular weight is 419 g/mol. The van der Waals surface area contributed by atoms with E-state index in [0.717, 1.165) is 37.2 Å². The number of ether oxygens (including phenoxy) is 2. The largest absolute Gasteiger partial charge is 0.485 e. The molecule has 0 bridgehead atoms. The molecule has 1 amide bonds. The molecule has 3 aromatic rings. The van der Waals surface area contributed by atoms with Gasteiger partial charge in [-0.2, -0.15) is 5.10 Å². The highest BCUT2D eigenvalue weighted by Gasteiger charge is 2.21. The van der Waals surface area contributed by atoms with E-state index in [2.05, 4.69) is 5.10 Å². The van der Waals surface area contributed by atoms with Crippen LogP contribution in [0.25, 0.3) is 5.69 Å². The number of likely N-dealkylation sites (tertiary alicyclic amines) is 1. The number of amides is 1. The van der Waals surface area contributed by atoms with Gasteiger partial charge >= 0.3 is 5.97 Å². The molecular weight excluding hydrogens is 394 g/mol. The molecule has 0 atom stereocenters. The van der Waals surface area contributed by atoms with E-state index in [1.165, 1.54) is 0 Å². The first-order valence-electron chi connectivity index (χ1n) is 10.5. The van der Waals surface area contributed by atoms with Crippen LogP contribution in [0.4, 0.5) is 0 Å². The summed E-state index contributed by atoms with van der Waals surface area (Å²) in [4.78, 5) is 26.7. The standard InChI is InChI=1S/C24H25N3O4/c1-2-30-24(29)22-21(16-27(25-22)20-8-4-3-5-9-20)31-17-18-10-12-19(13-11-18)23(28)26-14-6-7-15-26/h3-5,8-13,16H,2,6-7,14-15,17H2,1H3. The highest BCUT2D eigenvalue weighted by atomic mass is 16.5. The lowest BCUT2D eigenvalue weighted by molar-refractivity contribution is 0.0513. The SMILES string of the molecule is CCOC(=O)c1nn(-c2ccccc2)cc1OCc1ccc(C(=O)N2CCCC2)cc1. The molecule has 31 heavy (non-hydrogen) atoms. The zero-order chi connectivity index (χ0) is 21.6. The van der Waals surface area contributed by atoms with Gasteiger partial charge in [-0.3, -0.25) is 4.79 Å². The van der Waals surface area contributed by atoms with Crippen molar-refractivity contribution in [3.05, 3.63) is 77.6 Å². The molecule has 2 aromatic carbocycles. The van der Waals surface area contributed by atoms with Gasteiger partial charge < -0.3 is 14.4 Å². The van der Waals surface area contributed by atoms with Crippen molar-refractivity contribution in [1.82, 2.24) is 14.7 Å². The van der Waals surface area contributed by atoms with Crippen molar-refractivity contribution in [1.29, 1.82) is 0 Å². The van der Waals surface area contributed by atoms with Crippen LogP contribution in [0.1, 0.15) is 46.2 Å². The summed E-state index contributed by atoms with van der Waals surface area (Å²) in [5.74, 6) is -0.114. The molecule has 0 saturated carbocycles. The highest BCUT2D eigenvalue weighted by Crippen LogP contribution is 2.22. The molecule has 2 heterocycles.